The van der Waals surface area contributed by atoms with E-state index in [1.165, 1.54) is 11.3 Å². The largest absolute Gasteiger partial charge is 0.459 e. The number of thiophene rings is 1. The van der Waals surface area contributed by atoms with Crippen molar-refractivity contribution in [3.63, 3.8) is 0 Å². The summed E-state index contributed by atoms with van der Waals surface area (Å²) in [5.74, 6) is -0.327. The number of hydrogen-bond donors (Lipinski definition) is 2. The molecule has 2 aromatic rings. The standard InChI is InChI=1S/C25H34N2O5S/c1-2-3-4-7-22(29)19-8-10-20(11-9-19)27-24(30)14-16-26(27)15-5-6-21-12-13-23(33-21)25(31)32-18-17-28/h8-13,22,28-29H,2-7,14-18H2,1H3. The van der Waals surface area contributed by atoms with Crippen molar-refractivity contribution in [3.8, 4) is 0 Å². The van der Waals surface area contributed by atoms with E-state index in [4.69, 9.17) is 9.84 Å². The van der Waals surface area contributed by atoms with Crippen LogP contribution in [0.2, 0.25) is 0 Å². The van der Waals surface area contributed by atoms with Crippen molar-refractivity contribution in [3.05, 3.63) is 51.7 Å². The average Bonchev–Trinajstić information content (AvgIpc) is 3.44. The monoisotopic (exact) mass is 474 g/mol. The number of aliphatic hydroxyl groups excluding tert-OH is 2. The van der Waals surface area contributed by atoms with Gasteiger partial charge in [-0.2, -0.15) is 0 Å². The van der Waals surface area contributed by atoms with Gasteiger partial charge in [-0.05, 0) is 49.1 Å². The van der Waals surface area contributed by atoms with Crippen LogP contribution in [0.5, 0.6) is 0 Å². The van der Waals surface area contributed by atoms with E-state index in [0.717, 1.165) is 61.2 Å². The summed E-state index contributed by atoms with van der Waals surface area (Å²) in [7, 11) is 0. The van der Waals surface area contributed by atoms with Gasteiger partial charge in [0.2, 0.25) is 5.91 Å². The van der Waals surface area contributed by atoms with Crippen molar-refractivity contribution in [2.45, 2.75) is 58.0 Å². The second-order valence-electron chi connectivity index (χ2n) is 8.24. The van der Waals surface area contributed by atoms with E-state index in [2.05, 4.69) is 11.9 Å². The van der Waals surface area contributed by atoms with Gasteiger partial charge < -0.3 is 14.9 Å². The molecule has 1 amide bonds. The van der Waals surface area contributed by atoms with Gasteiger partial charge >= 0.3 is 5.97 Å². The maximum Gasteiger partial charge on any atom is 0.348 e. The molecule has 1 saturated heterocycles. The van der Waals surface area contributed by atoms with Crippen molar-refractivity contribution in [2.75, 3.05) is 31.3 Å². The number of esters is 1. The average molecular weight is 475 g/mol. The minimum absolute atomic E-state index is 0.00366. The van der Waals surface area contributed by atoms with Gasteiger partial charge in [-0.3, -0.25) is 4.79 Å². The molecular formula is C25H34N2O5S. The van der Waals surface area contributed by atoms with Crippen LogP contribution in [-0.2, 0) is 16.0 Å². The summed E-state index contributed by atoms with van der Waals surface area (Å²) in [5.41, 5.74) is 1.71. The number of hydrazine groups is 1. The molecule has 8 heteroatoms. The lowest BCUT2D eigenvalue weighted by Crippen LogP contribution is -2.39. The number of amides is 1. The number of carbonyl (C=O) groups is 2. The Balaban J connectivity index is 1.53. The molecule has 0 spiro atoms. The molecular weight excluding hydrogens is 440 g/mol. The molecule has 2 heterocycles. The van der Waals surface area contributed by atoms with Gasteiger partial charge in [0.25, 0.3) is 0 Å². The number of nitrogens with zero attached hydrogens (tertiary/aromatic N) is 2. The van der Waals surface area contributed by atoms with E-state index in [-0.39, 0.29) is 19.1 Å². The highest BCUT2D eigenvalue weighted by atomic mass is 32.1. The van der Waals surface area contributed by atoms with E-state index < -0.39 is 12.1 Å². The lowest BCUT2D eigenvalue weighted by atomic mass is 10.0. The zero-order valence-electron chi connectivity index (χ0n) is 19.2. The number of rotatable bonds is 13. The molecule has 33 heavy (non-hydrogen) atoms. The van der Waals surface area contributed by atoms with E-state index in [1.54, 1.807) is 11.1 Å². The minimum atomic E-state index is -0.465. The fraction of sp³-hybridized carbons (Fsp3) is 0.520. The quantitative estimate of drug-likeness (QED) is 0.336. The number of aliphatic hydroxyl groups is 2. The van der Waals surface area contributed by atoms with Crippen LogP contribution >= 0.6 is 11.3 Å². The maximum atomic E-state index is 12.5. The summed E-state index contributed by atoms with van der Waals surface area (Å²) >= 11 is 1.40. The number of benzene rings is 1. The molecule has 0 bridgehead atoms. The van der Waals surface area contributed by atoms with Crippen molar-refractivity contribution in [2.24, 2.45) is 0 Å². The van der Waals surface area contributed by atoms with Gasteiger partial charge in [0.05, 0.1) is 18.4 Å². The first-order chi connectivity index (χ1) is 16.0. The molecule has 0 aliphatic carbocycles. The maximum absolute atomic E-state index is 12.5. The normalized spacial score (nSPS) is 15.2. The third kappa shape index (κ3) is 7.11. The molecule has 1 aliphatic rings. The van der Waals surface area contributed by atoms with Crippen molar-refractivity contribution >= 4 is 28.9 Å². The molecule has 0 saturated carbocycles. The van der Waals surface area contributed by atoms with Crippen LogP contribution in [0.4, 0.5) is 5.69 Å². The lowest BCUT2D eigenvalue weighted by molar-refractivity contribution is -0.118. The second kappa shape index (κ2) is 12.8. The van der Waals surface area contributed by atoms with Crippen LogP contribution in [0.1, 0.15) is 71.7 Å². The zero-order chi connectivity index (χ0) is 23.6. The predicted molar refractivity (Wildman–Crippen MR) is 129 cm³/mol. The van der Waals surface area contributed by atoms with Crippen LogP contribution < -0.4 is 5.01 Å². The highest BCUT2D eigenvalue weighted by Gasteiger charge is 2.30. The van der Waals surface area contributed by atoms with Crippen molar-refractivity contribution in [1.29, 1.82) is 0 Å². The topological polar surface area (TPSA) is 90.3 Å². The third-order valence-corrected chi connectivity index (χ3v) is 6.86. The van der Waals surface area contributed by atoms with Gasteiger partial charge in [0.15, 0.2) is 0 Å². The van der Waals surface area contributed by atoms with Crippen molar-refractivity contribution in [1.82, 2.24) is 5.01 Å². The van der Waals surface area contributed by atoms with Gasteiger partial charge in [-0.25, -0.2) is 14.8 Å². The Kier molecular flexibility index (Phi) is 9.87. The van der Waals surface area contributed by atoms with Crippen LogP contribution in [-0.4, -0.2) is 53.4 Å². The molecule has 0 radical (unpaired) electrons. The molecule has 2 N–H and O–H groups in total. The Morgan fingerprint density at radius 2 is 1.94 bits per heavy atom. The van der Waals surface area contributed by atoms with Crippen molar-refractivity contribution < 1.29 is 24.5 Å². The summed E-state index contributed by atoms with van der Waals surface area (Å²) in [4.78, 5) is 26.0. The lowest BCUT2D eigenvalue weighted by Gasteiger charge is -2.28. The third-order valence-electron chi connectivity index (χ3n) is 5.73. The van der Waals surface area contributed by atoms with Gasteiger partial charge in [0.1, 0.15) is 11.5 Å². The number of unbranched alkanes of at least 4 members (excludes halogenated alkanes) is 2. The Morgan fingerprint density at radius 1 is 1.15 bits per heavy atom. The highest BCUT2D eigenvalue weighted by molar-refractivity contribution is 7.13. The molecule has 1 aromatic heterocycles. The molecule has 1 fully saturated rings. The van der Waals surface area contributed by atoms with Gasteiger partial charge in [-0.15, -0.1) is 11.3 Å². The van der Waals surface area contributed by atoms with Crippen LogP contribution in [0, 0.1) is 0 Å². The Labute approximate surface area is 199 Å². The Hall–Kier alpha value is -2.26. The molecule has 1 aliphatic heterocycles. The highest BCUT2D eigenvalue weighted by Crippen LogP contribution is 2.27. The summed E-state index contributed by atoms with van der Waals surface area (Å²) in [6.07, 6.45) is 5.69. The molecule has 7 nitrogen and oxygen atoms in total. The Morgan fingerprint density at radius 3 is 2.67 bits per heavy atom. The molecule has 180 valence electrons. The number of hydrogen-bond acceptors (Lipinski definition) is 7. The summed E-state index contributed by atoms with van der Waals surface area (Å²) in [6.45, 7) is 3.38. The first-order valence-corrected chi connectivity index (χ1v) is 12.6. The number of aryl methyl sites for hydroxylation is 1. The van der Waals surface area contributed by atoms with E-state index in [0.29, 0.717) is 17.8 Å². The summed E-state index contributed by atoms with van der Waals surface area (Å²) in [6, 6.07) is 11.3. The van der Waals surface area contributed by atoms with Crippen LogP contribution in [0.15, 0.2) is 36.4 Å². The van der Waals surface area contributed by atoms with E-state index >= 15 is 0 Å². The summed E-state index contributed by atoms with van der Waals surface area (Å²) < 4.78 is 4.95. The first-order valence-electron chi connectivity index (χ1n) is 11.8. The molecule has 1 unspecified atom stereocenters. The van der Waals surface area contributed by atoms with E-state index in [1.807, 2.05) is 30.3 Å². The number of ether oxygens (including phenoxy) is 1. The number of anilines is 1. The smallest absolute Gasteiger partial charge is 0.348 e. The SMILES string of the molecule is CCCCCC(O)c1ccc(N2C(=O)CCN2CCCc2ccc(C(=O)OCCO)s2)cc1. The molecule has 1 atom stereocenters. The van der Waals surface area contributed by atoms with Gasteiger partial charge in [0, 0.05) is 24.4 Å². The molecule has 1 aromatic carbocycles. The zero-order valence-corrected chi connectivity index (χ0v) is 20.1. The predicted octanol–water partition coefficient (Wildman–Crippen LogP) is 4.10. The van der Waals surface area contributed by atoms with E-state index in [9.17, 15) is 14.7 Å². The molecule has 3 rings (SSSR count). The number of carbonyl (C=O) groups excluding carboxylic acids is 2. The van der Waals surface area contributed by atoms with Crippen LogP contribution in [0.3, 0.4) is 0 Å². The first kappa shape index (κ1) is 25.4. The summed E-state index contributed by atoms with van der Waals surface area (Å²) in [5, 5.41) is 23.0. The second-order valence-corrected chi connectivity index (χ2v) is 9.41. The minimum Gasteiger partial charge on any atom is -0.459 e. The fourth-order valence-corrected chi connectivity index (χ4v) is 4.91. The van der Waals surface area contributed by atoms with Crippen LogP contribution in [0.25, 0.3) is 0 Å². The van der Waals surface area contributed by atoms with Gasteiger partial charge in [-0.1, -0.05) is 38.3 Å². The Bertz CT molecular complexity index is 898. The fourth-order valence-electron chi connectivity index (χ4n) is 3.97.